The molecule has 0 bridgehead atoms. The minimum Gasteiger partial charge on any atom is -0.453 e. The summed E-state index contributed by atoms with van der Waals surface area (Å²) in [5, 5.41) is 2.88. The van der Waals surface area contributed by atoms with Crippen LogP contribution in [0.15, 0.2) is 28.7 Å². The van der Waals surface area contributed by atoms with E-state index in [1.54, 1.807) is 0 Å². The molecule has 1 fully saturated rings. The zero-order chi connectivity index (χ0) is 10.9. The minimum atomic E-state index is -0.365. The Kier molecular flexibility index (Phi) is 2.69. The van der Waals surface area contributed by atoms with E-state index in [1.165, 1.54) is 7.11 Å². The Morgan fingerprint density at radius 2 is 2.00 bits per heavy atom. The van der Waals surface area contributed by atoms with Crippen LogP contribution >= 0.6 is 15.9 Å². The third kappa shape index (κ3) is 2.15. The summed E-state index contributed by atoms with van der Waals surface area (Å²) in [6.45, 7) is 0. The van der Waals surface area contributed by atoms with Crippen molar-refractivity contribution in [3.8, 4) is 0 Å². The largest absolute Gasteiger partial charge is 0.453 e. The highest BCUT2D eigenvalue weighted by Gasteiger charge is 2.45. The van der Waals surface area contributed by atoms with Crippen molar-refractivity contribution in [3.63, 3.8) is 0 Å². The fourth-order valence-corrected chi connectivity index (χ4v) is 1.89. The maximum Gasteiger partial charge on any atom is 0.407 e. The van der Waals surface area contributed by atoms with Gasteiger partial charge in [0, 0.05) is 4.47 Å². The first kappa shape index (κ1) is 10.5. The topological polar surface area (TPSA) is 38.3 Å². The molecule has 1 aromatic rings. The number of hydrogen-bond acceptors (Lipinski definition) is 2. The predicted octanol–water partition coefficient (Wildman–Crippen LogP) is 2.79. The van der Waals surface area contributed by atoms with Gasteiger partial charge in [-0.3, -0.25) is 0 Å². The number of amides is 1. The molecule has 80 valence electrons. The van der Waals surface area contributed by atoms with E-state index in [4.69, 9.17) is 0 Å². The third-order valence-corrected chi connectivity index (χ3v) is 3.20. The average Bonchev–Trinajstić information content (AvgIpc) is 3.00. The van der Waals surface area contributed by atoms with E-state index in [-0.39, 0.29) is 11.6 Å². The number of nitrogens with one attached hydrogen (secondary N) is 1. The van der Waals surface area contributed by atoms with Crippen LogP contribution in [0.5, 0.6) is 0 Å². The lowest BCUT2D eigenvalue weighted by molar-refractivity contribution is 0.165. The first-order valence-electron chi connectivity index (χ1n) is 4.78. The second-order valence-electron chi connectivity index (χ2n) is 3.71. The summed E-state index contributed by atoms with van der Waals surface area (Å²) in [6.07, 6.45) is 1.59. The number of carbonyl (C=O) groups excluding carboxylic acids is 1. The van der Waals surface area contributed by atoms with Crippen molar-refractivity contribution in [1.29, 1.82) is 0 Å². The second-order valence-corrected chi connectivity index (χ2v) is 4.62. The lowest BCUT2D eigenvalue weighted by Gasteiger charge is -2.16. The van der Waals surface area contributed by atoms with Crippen LogP contribution < -0.4 is 5.32 Å². The van der Waals surface area contributed by atoms with Crippen LogP contribution in [0.4, 0.5) is 4.79 Å². The van der Waals surface area contributed by atoms with E-state index in [9.17, 15) is 4.79 Å². The Morgan fingerprint density at radius 1 is 1.40 bits per heavy atom. The Morgan fingerprint density at radius 3 is 2.47 bits per heavy atom. The summed E-state index contributed by atoms with van der Waals surface area (Å²) in [5.74, 6) is 0. The van der Waals surface area contributed by atoms with Gasteiger partial charge in [-0.05, 0) is 30.5 Å². The van der Waals surface area contributed by atoms with Gasteiger partial charge in [0.25, 0.3) is 0 Å². The van der Waals surface area contributed by atoms with Gasteiger partial charge in [0.2, 0.25) is 0 Å². The maximum absolute atomic E-state index is 11.2. The highest BCUT2D eigenvalue weighted by molar-refractivity contribution is 9.10. The van der Waals surface area contributed by atoms with Crippen molar-refractivity contribution < 1.29 is 9.53 Å². The SMILES string of the molecule is COC(=O)NC1(c2ccc(Br)cc2)CC1. The van der Waals surface area contributed by atoms with Crippen LogP contribution in [0.1, 0.15) is 18.4 Å². The fourth-order valence-electron chi connectivity index (χ4n) is 1.63. The number of alkyl carbamates (subject to hydrolysis) is 1. The molecule has 4 heteroatoms. The number of rotatable bonds is 2. The molecule has 0 aromatic heterocycles. The van der Waals surface area contributed by atoms with Gasteiger partial charge in [0.1, 0.15) is 0 Å². The molecule has 0 spiro atoms. The van der Waals surface area contributed by atoms with Crippen LogP contribution in [0.3, 0.4) is 0 Å². The number of hydrogen-bond donors (Lipinski definition) is 1. The number of benzene rings is 1. The standard InChI is InChI=1S/C11H12BrNO2/c1-15-10(14)13-11(6-7-11)8-2-4-9(12)5-3-8/h2-5H,6-7H2,1H3,(H,13,14). The van der Waals surface area contributed by atoms with Gasteiger partial charge in [-0.25, -0.2) is 4.79 Å². The van der Waals surface area contributed by atoms with E-state index < -0.39 is 0 Å². The Bertz CT molecular complexity index is 371. The van der Waals surface area contributed by atoms with E-state index in [0.717, 1.165) is 22.9 Å². The number of halogens is 1. The summed E-state index contributed by atoms with van der Waals surface area (Å²) < 4.78 is 5.65. The third-order valence-electron chi connectivity index (χ3n) is 2.67. The second kappa shape index (κ2) is 3.85. The average molecular weight is 270 g/mol. The van der Waals surface area contributed by atoms with Crippen LogP contribution in [-0.4, -0.2) is 13.2 Å². The molecular formula is C11H12BrNO2. The van der Waals surface area contributed by atoms with Gasteiger partial charge in [0.05, 0.1) is 12.6 Å². The van der Waals surface area contributed by atoms with E-state index in [0.29, 0.717) is 0 Å². The number of methoxy groups -OCH3 is 1. The fraction of sp³-hybridized carbons (Fsp3) is 0.364. The molecule has 0 unspecified atom stereocenters. The quantitative estimate of drug-likeness (QED) is 0.897. The molecule has 1 amide bonds. The van der Waals surface area contributed by atoms with Crippen molar-refractivity contribution in [1.82, 2.24) is 5.32 Å². The zero-order valence-electron chi connectivity index (χ0n) is 8.42. The Labute approximate surface area is 96.9 Å². The number of ether oxygens (including phenoxy) is 1. The molecule has 1 aliphatic rings. The van der Waals surface area contributed by atoms with Crippen LogP contribution in [0, 0.1) is 0 Å². The smallest absolute Gasteiger partial charge is 0.407 e. The lowest BCUT2D eigenvalue weighted by atomic mass is 10.1. The highest BCUT2D eigenvalue weighted by Crippen LogP contribution is 2.45. The van der Waals surface area contributed by atoms with Crippen molar-refractivity contribution in [2.75, 3.05) is 7.11 Å². The number of carbonyl (C=O) groups is 1. The van der Waals surface area contributed by atoms with Gasteiger partial charge in [-0.15, -0.1) is 0 Å². The zero-order valence-corrected chi connectivity index (χ0v) is 10.0. The van der Waals surface area contributed by atoms with E-state index >= 15 is 0 Å². The van der Waals surface area contributed by atoms with E-state index in [2.05, 4.69) is 26.0 Å². The van der Waals surface area contributed by atoms with Crippen molar-refractivity contribution in [2.24, 2.45) is 0 Å². The minimum absolute atomic E-state index is 0.187. The van der Waals surface area contributed by atoms with Gasteiger partial charge < -0.3 is 10.1 Å². The summed E-state index contributed by atoms with van der Waals surface area (Å²) >= 11 is 3.39. The van der Waals surface area contributed by atoms with Crippen LogP contribution in [-0.2, 0) is 10.3 Å². The van der Waals surface area contributed by atoms with Crippen LogP contribution in [0.2, 0.25) is 0 Å². The summed E-state index contributed by atoms with van der Waals surface area (Å²) in [7, 11) is 1.38. The molecule has 1 aliphatic carbocycles. The van der Waals surface area contributed by atoms with Crippen molar-refractivity contribution in [2.45, 2.75) is 18.4 Å². The Hall–Kier alpha value is -1.03. The van der Waals surface area contributed by atoms with E-state index in [1.807, 2.05) is 24.3 Å². The van der Waals surface area contributed by atoms with Gasteiger partial charge >= 0.3 is 6.09 Å². The molecule has 1 saturated carbocycles. The van der Waals surface area contributed by atoms with Gasteiger partial charge in [0.15, 0.2) is 0 Å². The highest BCUT2D eigenvalue weighted by atomic mass is 79.9. The predicted molar refractivity (Wildman–Crippen MR) is 60.6 cm³/mol. The monoisotopic (exact) mass is 269 g/mol. The molecule has 1 aromatic carbocycles. The molecule has 15 heavy (non-hydrogen) atoms. The van der Waals surface area contributed by atoms with Crippen molar-refractivity contribution >= 4 is 22.0 Å². The summed E-state index contributed by atoms with van der Waals surface area (Å²) in [5.41, 5.74) is 0.949. The molecule has 0 saturated heterocycles. The summed E-state index contributed by atoms with van der Waals surface area (Å²) in [4.78, 5) is 11.2. The van der Waals surface area contributed by atoms with Gasteiger partial charge in [-0.1, -0.05) is 28.1 Å². The molecule has 0 heterocycles. The molecule has 2 rings (SSSR count). The molecule has 3 nitrogen and oxygen atoms in total. The molecule has 1 N–H and O–H groups in total. The summed E-state index contributed by atoms with van der Waals surface area (Å²) in [6, 6.07) is 8.00. The first-order chi connectivity index (χ1) is 7.16. The Balaban J connectivity index is 2.16. The molecule has 0 radical (unpaired) electrons. The molecular weight excluding hydrogens is 258 g/mol. The molecule has 0 atom stereocenters. The first-order valence-corrected chi connectivity index (χ1v) is 5.58. The van der Waals surface area contributed by atoms with Crippen molar-refractivity contribution in [3.05, 3.63) is 34.3 Å². The van der Waals surface area contributed by atoms with Crippen LogP contribution in [0.25, 0.3) is 0 Å². The van der Waals surface area contributed by atoms with Gasteiger partial charge in [-0.2, -0.15) is 0 Å². The molecule has 0 aliphatic heterocycles. The maximum atomic E-state index is 11.2. The lowest BCUT2D eigenvalue weighted by Crippen LogP contribution is -2.34. The normalized spacial score (nSPS) is 16.9.